The van der Waals surface area contributed by atoms with E-state index in [0.29, 0.717) is 0 Å². The molecule has 3 fully saturated rings. The largest absolute Gasteiger partial charge is 0.469 e. The number of carbonyl (C=O) groups excluding carboxylic acids is 2. The molecule has 5 atom stereocenters. The highest BCUT2D eigenvalue weighted by Gasteiger charge is 2.75. The van der Waals surface area contributed by atoms with Crippen molar-refractivity contribution in [3.05, 3.63) is 23.3 Å². The molecular weight excluding hydrogens is 316 g/mol. The van der Waals surface area contributed by atoms with E-state index in [1.807, 2.05) is 13.0 Å². The van der Waals surface area contributed by atoms with E-state index in [1.165, 1.54) is 7.11 Å². The van der Waals surface area contributed by atoms with Gasteiger partial charge in [-0.05, 0) is 49.0 Å². The number of carbonyl (C=O) groups is 2. The van der Waals surface area contributed by atoms with Gasteiger partial charge in [0.1, 0.15) is 6.10 Å². The maximum atomic E-state index is 13.2. The van der Waals surface area contributed by atoms with Gasteiger partial charge in [-0.15, -0.1) is 0 Å². The zero-order valence-electron chi connectivity index (χ0n) is 15.8. The van der Waals surface area contributed by atoms with E-state index in [0.717, 1.165) is 36.8 Å². The van der Waals surface area contributed by atoms with Crippen LogP contribution < -0.4 is 0 Å². The summed E-state index contributed by atoms with van der Waals surface area (Å²) < 4.78 is 11.3. The molecule has 3 aliphatic carbocycles. The Labute approximate surface area is 149 Å². The van der Waals surface area contributed by atoms with Crippen LogP contribution in [-0.2, 0) is 19.1 Å². The summed E-state index contributed by atoms with van der Waals surface area (Å²) in [6, 6.07) is 0. The van der Waals surface area contributed by atoms with Gasteiger partial charge in [0.2, 0.25) is 0 Å². The molecule has 0 bridgehead atoms. The number of epoxide rings is 1. The molecule has 4 aliphatic rings. The lowest BCUT2D eigenvalue weighted by Crippen LogP contribution is -2.56. The molecule has 4 nitrogen and oxygen atoms in total. The van der Waals surface area contributed by atoms with Gasteiger partial charge in [-0.3, -0.25) is 9.59 Å². The van der Waals surface area contributed by atoms with Crippen molar-refractivity contribution in [2.75, 3.05) is 7.11 Å². The topological polar surface area (TPSA) is 55.9 Å². The molecule has 1 aliphatic heterocycles. The fraction of sp³-hybridized carbons (Fsp3) is 0.714. The number of ether oxygens (including phenoxy) is 2. The minimum absolute atomic E-state index is 0.0890. The quantitative estimate of drug-likeness (QED) is 0.567. The molecule has 0 N–H and O–H groups in total. The van der Waals surface area contributed by atoms with E-state index in [2.05, 4.69) is 26.8 Å². The first-order chi connectivity index (χ1) is 11.7. The van der Waals surface area contributed by atoms with Gasteiger partial charge in [0, 0.05) is 5.57 Å². The van der Waals surface area contributed by atoms with Crippen molar-refractivity contribution in [3.8, 4) is 0 Å². The number of allylic oxidation sites excluding steroid dienone is 2. The molecule has 1 saturated heterocycles. The summed E-state index contributed by atoms with van der Waals surface area (Å²) in [5.74, 6) is 0.365. The predicted molar refractivity (Wildman–Crippen MR) is 93.8 cm³/mol. The first kappa shape index (κ1) is 17.0. The normalized spacial score (nSPS) is 45.0. The maximum absolute atomic E-state index is 13.2. The number of rotatable bonds is 2. The molecule has 25 heavy (non-hydrogen) atoms. The van der Waals surface area contributed by atoms with Gasteiger partial charge in [-0.1, -0.05) is 39.3 Å². The van der Waals surface area contributed by atoms with Gasteiger partial charge in [-0.2, -0.15) is 0 Å². The number of esters is 1. The third-order valence-corrected chi connectivity index (χ3v) is 7.42. The molecule has 0 aromatic heterocycles. The third-order valence-electron chi connectivity index (χ3n) is 7.42. The molecule has 1 spiro atoms. The van der Waals surface area contributed by atoms with E-state index < -0.39 is 11.0 Å². The Morgan fingerprint density at radius 3 is 2.64 bits per heavy atom. The second-order valence-electron chi connectivity index (χ2n) is 9.00. The van der Waals surface area contributed by atoms with Crippen LogP contribution in [0.5, 0.6) is 0 Å². The van der Waals surface area contributed by atoms with Crippen LogP contribution in [0.2, 0.25) is 0 Å². The Hall–Kier alpha value is -1.42. The summed E-state index contributed by atoms with van der Waals surface area (Å²) >= 11 is 0. The molecule has 2 saturated carbocycles. The molecule has 0 radical (unpaired) electrons. The molecule has 4 rings (SSSR count). The first-order valence-corrected chi connectivity index (χ1v) is 9.45. The highest BCUT2D eigenvalue weighted by Crippen LogP contribution is 2.69. The molecule has 0 amide bonds. The van der Waals surface area contributed by atoms with Crippen LogP contribution >= 0.6 is 0 Å². The Bertz CT molecular complexity index is 717. The fourth-order valence-electron chi connectivity index (χ4n) is 6.03. The minimum atomic E-state index is -0.742. The summed E-state index contributed by atoms with van der Waals surface area (Å²) in [5, 5.41) is 0. The van der Waals surface area contributed by atoms with Gasteiger partial charge >= 0.3 is 5.97 Å². The standard InChI is InChI=1S/C21H28O4/c1-12(2)13-7-8-14-19(3)9-6-10-20(4,18(23)24-5)15(19)11-16-21(14,25-16)17(13)22/h7-8,12,15-16H,6,9-11H2,1-5H3/t15-,16+,19-,20-,21-/m1/s1. The lowest BCUT2D eigenvalue weighted by Gasteiger charge is -2.55. The fourth-order valence-corrected chi connectivity index (χ4v) is 6.03. The van der Waals surface area contributed by atoms with Crippen LogP contribution in [0.25, 0.3) is 0 Å². The third kappa shape index (κ3) is 1.92. The molecule has 4 heteroatoms. The Kier molecular flexibility index (Phi) is 3.45. The SMILES string of the molecule is COC(=O)[C@]1(C)CCC[C@]2(C)C3=CC=C(C(C)C)C(=O)[C@@]34O[C@H]4C[C@@H]12. The summed E-state index contributed by atoms with van der Waals surface area (Å²) in [6.07, 6.45) is 7.59. The number of hydrogen-bond acceptors (Lipinski definition) is 4. The van der Waals surface area contributed by atoms with E-state index in [9.17, 15) is 9.59 Å². The average molecular weight is 344 g/mol. The number of ketones is 1. The molecule has 0 aromatic carbocycles. The van der Waals surface area contributed by atoms with E-state index >= 15 is 0 Å². The van der Waals surface area contributed by atoms with Crippen LogP contribution in [0.3, 0.4) is 0 Å². The van der Waals surface area contributed by atoms with Crippen molar-refractivity contribution < 1.29 is 19.1 Å². The van der Waals surface area contributed by atoms with Crippen LogP contribution in [-0.4, -0.2) is 30.6 Å². The molecule has 0 aromatic rings. The van der Waals surface area contributed by atoms with E-state index in [4.69, 9.17) is 9.47 Å². The van der Waals surface area contributed by atoms with Crippen molar-refractivity contribution in [1.82, 2.24) is 0 Å². The Morgan fingerprint density at radius 2 is 2.00 bits per heavy atom. The summed E-state index contributed by atoms with van der Waals surface area (Å²) in [7, 11) is 1.47. The lowest BCUT2D eigenvalue weighted by atomic mass is 9.47. The number of Topliss-reactive ketones (excluding diaryl/α,β-unsaturated/α-hetero) is 1. The second-order valence-corrected chi connectivity index (χ2v) is 9.00. The Morgan fingerprint density at radius 1 is 1.28 bits per heavy atom. The van der Waals surface area contributed by atoms with Gasteiger partial charge in [-0.25, -0.2) is 0 Å². The van der Waals surface area contributed by atoms with Crippen molar-refractivity contribution in [2.45, 2.75) is 65.1 Å². The summed E-state index contributed by atoms with van der Waals surface area (Å²) in [4.78, 5) is 25.8. The van der Waals surface area contributed by atoms with Gasteiger partial charge < -0.3 is 9.47 Å². The second kappa shape index (κ2) is 5.06. The van der Waals surface area contributed by atoms with Crippen molar-refractivity contribution in [2.24, 2.45) is 22.7 Å². The first-order valence-electron chi connectivity index (χ1n) is 9.45. The predicted octanol–water partition coefficient (Wildman–Crippen LogP) is 3.60. The highest BCUT2D eigenvalue weighted by atomic mass is 16.6. The number of hydrogen-bond donors (Lipinski definition) is 0. The van der Waals surface area contributed by atoms with E-state index in [-0.39, 0.29) is 35.1 Å². The smallest absolute Gasteiger partial charge is 0.311 e. The van der Waals surface area contributed by atoms with Crippen molar-refractivity contribution >= 4 is 11.8 Å². The van der Waals surface area contributed by atoms with Gasteiger partial charge in [0.05, 0.1) is 12.5 Å². The maximum Gasteiger partial charge on any atom is 0.311 e. The van der Waals surface area contributed by atoms with E-state index in [1.54, 1.807) is 0 Å². The van der Waals surface area contributed by atoms with Crippen LogP contribution in [0.15, 0.2) is 23.3 Å². The molecule has 136 valence electrons. The van der Waals surface area contributed by atoms with Crippen molar-refractivity contribution in [3.63, 3.8) is 0 Å². The summed E-state index contributed by atoms with van der Waals surface area (Å²) in [6.45, 7) is 8.37. The molecule has 1 heterocycles. The zero-order chi connectivity index (χ0) is 18.2. The lowest BCUT2D eigenvalue weighted by molar-refractivity contribution is -0.163. The monoisotopic (exact) mass is 344 g/mol. The average Bonchev–Trinajstić information content (AvgIpc) is 3.28. The van der Waals surface area contributed by atoms with Crippen LogP contribution in [0.4, 0.5) is 0 Å². The van der Waals surface area contributed by atoms with Crippen LogP contribution in [0, 0.1) is 22.7 Å². The Balaban J connectivity index is 1.83. The van der Waals surface area contributed by atoms with Gasteiger partial charge in [0.25, 0.3) is 0 Å². The highest BCUT2D eigenvalue weighted by molar-refractivity contribution is 6.09. The molecular formula is C21H28O4. The molecule has 0 unspecified atom stereocenters. The number of fused-ring (bicyclic) bond motifs is 2. The number of methoxy groups -OCH3 is 1. The van der Waals surface area contributed by atoms with Crippen molar-refractivity contribution in [1.29, 1.82) is 0 Å². The minimum Gasteiger partial charge on any atom is -0.469 e. The summed E-state index contributed by atoms with van der Waals surface area (Å²) in [5.41, 5.74) is 0.521. The zero-order valence-corrected chi connectivity index (χ0v) is 15.8. The van der Waals surface area contributed by atoms with Gasteiger partial charge in [0.15, 0.2) is 11.4 Å². The van der Waals surface area contributed by atoms with Crippen LogP contribution in [0.1, 0.15) is 53.4 Å².